The fraction of sp³-hybridized carbons (Fsp3) is 0.727. The lowest BCUT2D eigenvalue weighted by molar-refractivity contribution is -0.372. The lowest BCUT2D eigenvalue weighted by Gasteiger charge is -2.48. The first-order valence-corrected chi connectivity index (χ1v) is 15.3. The maximum absolute atomic E-state index is 13.7. The van der Waals surface area contributed by atoms with Crippen LogP contribution in [0.5, 0.6) is 0 Å². The number of ether oxygens (including phenoxy) is 4. The van der Waals surface area contributed by atoms with E-state index in [9.17, 15) is 38.4 Å². The average Bonchev–Trinajstić information content (AvgIpc) is 2.96. The lowest BCUT2D eigenvalue weighted by Crippen LogP contribution is -2.61. The summed E-state index contributed by atoms with van der Waals surface area (Å²) in [6, 6.07) is 0. The van der Waals surface area contributed by atoms with Crippen LogP contribution in [0.2, 0.25) is 0 Å². The fourth-order valence-corrected chi connectivity index (χ4v) is 6.13. The Morgan fingerprint density at radius 1 is 1.11 bits per heavy atom. The lowest BCUT2D eigenvalue weighted by atomic mass is 9.77. The summed E-state index contributed by atoms with van der Waals surface area (Å²) in [6.07, 6.45) is -4.83. The summed E-state index contributed by atoms with van der Waals surface area (Å²) in [5, 5.41) is 44.0. The van der Waals surface area contributed by atoms with Crippen molar-refractivity contribution in [2.75, 3.05) is 14.2 Å². The standard InChI is InChI=1S/C33H51F3O9/c1-17-11-10-12-25(42-8)29(44-31(40)26(43-9)15-18(2)14-20(4)27(38)19(3)13-17)22(6)28(39)23(7)32(41)16-24(37)21(5)30(45-32)33(34,35)36/h10-12,14-15,19-25,27-30,37-39,41H,13,16H2,1-9H3/b12-10+,17-11+,18-14+,26-15-/t19-,20?,21-,22-,23-,24+,25-,27-,28+,29+,30-,32+/m0/s1. The number of esters is 1. The Morgan fingerprint density at radius 3 is 2.29 bits per heavy atom. The molecule has 0 aromatic heterocycles. The molecular weight excluding hydrogens is 597 g/mol. The summed E-state index contributed by atoms with van der Waals surface area (Å²) in [6.45, 7) is 11.5. The molecule has 0 bridgehead atoms. The molecule has 258 valence electrons. The number of hydrogen-bond donors (Lipinski definition) is 4. The molecule has 12 atom stereocenters. The van der Waals surface area contributed by atoms with Crippen LogP contribution < -0.4 is 0 Å². The Hall–Kier alpha value is -2.22. The smallest absolute Gasteiger partial charge is 0.415 e. The summed E-state index contributed by atoms with van der Waals surface area (Å²) >= 11 is 0. The highest BCUT2D eigenvalue weighted by Crippen LogP contribution is 2.44. The van der Waals surface area contributed by atoms with Gasteiger partial charge in [0.25, 0.3) is 0 Å². The van der Waals surface area contributed by atoms with Crippen molar-refractivity contribution < 1.29 is 57.3 Å². The van der Waals surface area contributed by atoms with Gasteiger partial charge in [-0.2, -0.15) is 13.2 Å². The second-order valence-electron chi connectivity index (χ2n) is 12.8. The van der Waals surface area contributed by atoms with Gasteiger partial charge in [-0.3, -0.25) is 0 Å². The van der Waals surface area contributed by atoms with E-state index in [2.05, 4.69) is 0 Å². The topological polar surface area (TPSA) is 135 Å². The average molecular weight is 649 g/mol. The van der Waals surface area contributed by atoms with Crippen molar-refractivity contribution >= 4 is 5.97 Å². The van der Waals surface area contributed by atoms with Gasteiger partial charge in [0.05, 0.1) is 25.4 Å². The van der Waals surface area contributed by atoms with Crippen molar-refractivity contribution in [3.05, 3.63) is 47.3 Å². The normalized spacial score (nSPS) is 40.8. The van der Waals surface area contributed by atoms with E-state index in [4.69, 9.17) is 18.9 Å². The van der Waals surface area contributed by atoms with Gasteiger partial charge in [-0.15, -0.1) is 0 Å². The zero-order valence-corrected chi connectivity index (χ0v) is 27.6. The number of aliphatic hydroxyl groups excluding tert-OH is 3. The second-order valence-corrected chi connectivity index (χ2v) is 12.8. The highest BCUT2D eigenvalue weighted by molar-refractivity contribution is 5.87. The van der Waals surface area contributed by atoms with E-state index in [1.54, 1.807) is 19.1 Å². The first kappa shape index (κ1) is 39.0. The zero-order chi connectivity index (χ0) is 34.4. The molecule has 0 amide bonds. The van der Waals surface area contributed by atoms with Gasteiger partial charge in [-0.1, -0.05) is 70.1 Å². The molecule has 9 nitrogen and oxygen atoms in total. The second kappa shape index (κ2) is 16.1. The maximum atomic E-state index is 13.7. The van der Waals surface area contributed by atoms with Crippen molar-refractivity contribution in [3.8, 4) is 0 Å². The van der Waals surface area contributed by atoms with Crippen LogP contribution in [-0.4, -0.2) is 89.2 Å². The number of aliphatic hydroxyl groups is 4. The van der Waals surface area contributed by atoms with Crippen molar-refractivity contribution in [2.45, 2.75) is 110 Å². The van der Waals surface area contributed by atoms with Crippen LogP contribution in [-0.2, 0) is 23.7 Å². The van der Waals surface area contributed by atoms with Crippen molar-refractivity contribution in [1.29, 1.82) is 0 Å². The van der Waals surface area contributed by atoms with Crippen molar-refractivity contribution in [3.63, 3.8) is 0 Å². The summed E-state index contributed by atoms with van der Waals surface area (Å²) in [5.74, 6) is -7.66. The summed E-state index contributed by atoms with van der Waals surface area (Å²) in [4.78, 5) is 13.4. The van der Waals surface area contributed by atoms with Crippen LogP contribution in [0.3, 0.4) is 0 Å². The Labute approximate surface area is 264 Å². The number of alkyl halides is 3. The Kier molecular flexibility index (Phi) is 13.9. The minimum atomic E-state index is -4.87. The van der Waals surface area contributed by atoms with E-state index in [1.807, 2.05) is 32.9 Å². The number of allylic oxidation sites excluding steroid dienone is 5. The first-order chi connectivity index (χ1) is 20.8. The molecule has 2 heterocycles. The largest absolute Gasteiger partial charge is 0.490 e. The molecule has 0 spiro atoms. The highest BCUT2D eigenvalue weighted by Gasteiger charge is 2.58. The number of hydrogen-bond acceptors (Lipinski definition) is 9. The first-order valence-electron chi connectivity index (χ1n) is 15.3. The van der Waals surface area contributed by atoms with Crippen LogP contribution in [0.1, 0.15) is 61.3 Å². The quantitative estimate of drug-likeness (QED) is 0.305. The Balaban J connectivity index is 2.54. The monoisotopic (exact) mass is 648 g/mol. The predicted molar refractivity (Wildman–Crippen MR) is 161 cm³/mol. The van der Waals surface area contributed by atoms with Gasteiger partial charge in [0.2, 0.25) is 5.76 Å². The molecule has 2 aliphatic heterocycles. The number of cyclic esters (lactones) is 1. The molecule has 0 saturated carbocycles. The number of halogens is 3. The minimum Gasteiger partial charge on any atom is -0.490 e. The molecule has 0 radical (unpaired) electrons. The van der Waals surface area contributed by atoms with Crippen LogP contribution in [0, 0.1) is 29.6 Å². The third-order valence-corrected chi connectivity index (χ3v) is 9.11. The zero-order valence-electron chi connectivity index (χ0n) is 27.6. The van der Waals surface area contributed by atoms with Crippen LogP contribution >= 0.6 is 0 Å². The summed E-state index contributed by atoms with van der Waals surface area (Å²) in [5.41, 5.74) is 1.60. The highest BCUT2D eigenvalue weighted by atomic mass is 19.4. The maximum Gasteiger partial charge on any atom is 0.415 e. The molecule has 0 aromatic rings. The van der Waals surface area contributed by atoms with Gasteiger partial charge < -0.3 is 39.4 Å². The van der Waals surface area contributed by atoms with Crippen LogP contribution in [0.25, 0.3) is 0 Å². The molecule has 4 N–H and O–H groups in total. The number of carbonyl (C=O) groups excluding carboxylic acids is 1. The van der Waals surface area contributed by atoms with Crippen molar-refractivity contribution in [1.82, 2.24) is 0 Å². The van der Waals surface area contributed by atoms with Crippen LogP contribution in [0.4, 0.5) is 13.2 Å². The minimum absolute atomic E-state index is 0.0775. The molecule has 45 heavy (non-hydrogen) atoms. The van der Waals surface area contributed by atoms with E-state index < -0.39 is 78.7 Å². The van der Waals surface area contributed by atoms with Gasteiger partial charge >= 0.3 is 12.1 Å². The molecule has 1 saturated heterocycles. The predicted octanol–water partition coefficient (Wildman–Crippen LogP) is 4.60. The Morgan fingerprint density at radius 2 is 1.73 bits per heavy atom. The molecule has 1 unspecified atom stereocenters. The van der Waals surface area contributed by atoms with Gasteiger partial charge in [-0.25, -0.2) is 4.79 Å². The molecule has 12 heteroatoms. The SMILES string of the molecule is CO/C1=C\C(C)=C\C(C)[C@@H](O)[C@@H](C)C/C(C)=C/C=C/[C@H](OC)[C@@H]([C@@H](C)[C@@H](O)[C@H](C)[C@@]2(O)C[C@@H](O)[C@H](C)[C@@H](C(F)(F)F)O2)OC1=O. The van der Waals surface area contributed by atoms with E-state index in [-0.39, 0.29) is 17.6 Å². The van der Waals surface area contributed by atoms with Gasteiger partial charge in [0.15, 0.2) is 11.9 Å². The number of rotatable bonds is 6. The van der Waals surface area contributed by atoms with E-state index in [1.165, 1.54) is 41.1 Å². The van der Waals surface area contributed by atoms with E-state index in [0.29, 0.717) is 12.0 Å². The summed E-state index contributed by atoms with van der Waals surface area (Å²) < 4.78 is 63.2. The van der Waals surface area contributed by atoms with Gasteiger partial charge in [-0.05, 0) is 32.3 Å². The van der Waals surface area contributed by atoms with E-state index >= 15 is 0 Å². The third-order valence-electron chi connectivity index (χ3n) is 9.11. The molecule has 0 aliphatic carbocycles. The number of methoxy groups -OCH3 is 2. The van der Waals surface area contributed by atoms with E-state index in [0.717, 1.165) is 5.57 Å². The third kappa shape index (κ3) is 9.89. The van der Waals surface area contributed by atoms with Gasteiger partial charge in [0.1, 0.15) is 12.2 Å². The molecule has 0 aromatic carbocycles. The molecular formula is C33H51F3O9. The summed E-state index contributed by atoms with van der Waals surface area (Å²) in [7, 11) is 2.66. The van der Waals surface area contributed by atoms with Gasteiger partial charge in [0, 0.05) is 37.2 Å². The fourth-order valence-electron chi connectivity index (χ4n) is 6.13. The molecule has 1 fully saturated rings. The number of carbonyl (C=O) groups is 1. The van der Waals surface area contributed by atoms with Crippen molar-refractivity contribution in [2.24, 2.45) is 29.6 Å². The molecule has 2 aliphatic rings. The molecule has 2 rings (SSSR count). The Bertz CT molecular complexity index is 1120. The van der Waals surface area contributed by atoms with Crippen LogP contribution in [0.15, 0.2) is 47.3 Å².